The molecule has 0 aliphatic heterocycles. The molecule has 1 N–H and O–H groups in total. The first-order valence-corrected chi connectivity index (χ1v) is 12.0. The lowest BCUT2D eigenvalue weighted by molar-refractivity contribution is -0.125. The third-order valence-corrected chi connectivity index (χ3v) is 6.66. The summed E-state index contributed by atoms with van der Waals surface area (Å²) in [5, 5.41) is 3.20. The summed E-state index contributed by atoms with van der Waals surface area (Å²) in [6.07, 6.45) is 11.1. The quantitative estimate of drug-likeness (QED) is 0.312. The van der Waals surface area contributed by atoms with Crippen LogP contribution in [0.5, 0.6) is 0 Å². The zero-order valence-electron chi connectivity index (χ0n) is 21.4. The molecular weight excluding hydrogens is 404 g/mol. The van der Waals surface area contributed by atoms with Crippen LogP contribution in [-0.4, -0.2) is 31.4 Å². The highest BCUT2D eigenvalue weighted by Gasteiger charge is 2.15. The van der Waals surface area contributed by atoms with Crippen LogP contribution < -0.4 is 5.32 Å². The van der Waals surface area contributed by atoms with Gasteiger partial charge < -0.3 is 10.2 Å². The normalized spacial score (nSPS) is 12.8. The summed E-state index contributed by atoms with van der Waals surface area (Å²) in [5.74, 6) is 0.0399. The summed E-state index contributed by atoms with van der Waals surface area (Å²) < 4.78 is 0. The van der Waals surface area contributed by atoms with Crippen molar-refractivity contribution in [2.75, 3.05) is 20.6 Å². The summed E-state index contributed by atoms with van der Waals surface area (Å²) in [4.78, 5) is 14.3. The largest absolute Gasteiger partial charge is 0.387 e. The number of nitrogens with zero attached hydrogens (tertiary/aromatic N) is 1. The van der Waals surface area contributed by atoms with Crippen molar-refractivity contribution in [3.63, 3.8) is 0 Å². The van der Waals surface area contributed by atoms with Crippen molar-refractivity contribution in [1.29, 1.82) is 0 Å². The summed E-state index contributed by atoms with van der Waals surface area (Å²) in [6, 6.07) is 16.9. The molecule has 0 spiro atoms. The highest BCUT2D eigenvalue weighted by Crippen LogP contribution is 2.28. The van der Waals surface area contributed by atoms with Crippen LogP contribution in [0.4, 0.5) is 0 Å². The Bertz CT molecular complexity index is 991. The number of likely N-dealkylation sites (N-methyl/N-ethyl adjacent to an activating group) is 1. The maximum Gasteiger partial charge on any atom is 0.251 e. The van der Waals surface area contributed by atoms with E-state index in [1.165, 1.54) is 11.1 Å². The molecule has 0 saturated heterocycles. The van der Waals surface area contributed by atoms with Gasteiger partial charge in [-0.15, -0.1) is 0 Å². The standard InChI is InChI=1S/C30H40N2O/c1-8-30(5,9-2)22-21-26-15-13-24(14-16-26)11-12-25-17-19-27(20-18-25)28(31-6)23(4)29(33)32(7)10-3/h11-22,31H,8-10H2,1-7H3/b12-11+,22-21+,28-23+. The SMILES string of the molecule is CCN(C)C(=O)/C(C)=C(/NC)c1ccc(/C=C/c2ccc(/C=C/C(C)(CC)CC)cc2)cc1. The van der Waals surface area contributed by atoms with E-state index in [0.29, 0.717) is 6.54 Å². The number of allylic oxidation sites excluding steroid dienone is 1. The third-order valence-electron chi connectivity index (χ3n) is 6.66. The molecule has 33 heavy (non-hydrogen) atoms. The first-order valence-electron chi connectivity index (χ1n) is 12.0. The molecular formula is C30H40N2O. The number of carbonyl (C=O) groups excluding carboxylic acids is 1. The van der Waals surface area contributed by atoms with Gasteiger partial charge in [-0.05, 0) is 54.4 Å². The minimum Gasteiger partial charge on any atom is -0.387 e. The molecule has 0 fully saturated rings. The molecule has 3 nitrogen and oxygen atoms in total. The first-order chi connectivity index (χ1) is 15.8. The molecule has 2 aromatic rings. The van der Waals surface area contributed by atoms with Crippen LogP contribution in [0.3, 0.4) is 0 Å². The van der Waals surface area contributed by atoms with Gasteiger partial charge >= 0.3 is 0 Å². The fraction of sp³-hybridized carbons (Fsp3) is 0.367. The molecule has 0 aliphatic rings. The van der Waals surface area contributed by atoms with Crippen LogP contribution >= 0.6 is 0 Å². The van der Waals surface area contributed by atoms with Crippen LogP contribution in [0.15, 0.2) is 60.2 Å². The molecule has 0 atom stereocenters. The Hall–Kier alpha value is -3.07. The molecule has 0 aromatic heterocycles. The van der Waals surface area contributed by atoms with Crippen LogP contribution in [0.25, 0.3) is 23.9 Å². The van der Waals surface area contributed by atoms with Crippen LogP contribution in [0.1, 0.15) is 69.7 Å². The summed E-state index contributed by atoms with van der Waals surface area (Å²) in [5.41, 5.74) is 6.38. The fourth-order valence-electron chi connectivity index (χ4n) is 3.54. The number of hydrogen-bond acceptors (Lipinski definition) is 2. The van der Waals surface area contributed by atoms with Gasteiger partial charge in [0.15, 0.2) is 0 Å². The van der Waals surface area contributed by atoms with E-state index in [0.717, 1.165) is 35.2 Å². The Morgan fingerprint density at radius 1 is 0.879 bits per heavy atom. The molecule has 0 aliphatic carbocycles. The maximum atomic E-state index is 12.5. The molecule has 2 rings (SSSR count). The molecule has 0 unspecified atom stereocenters. The Morgan fingerprint density at radius 3 is 1.76 bits per heavy atom. The number of amides is 1. The van der Waals surface area contributed by atoms with Crippen molar-refractivity contribution in [3.05, 3.63) is 82.4 Å². The fourth-order valence-corrected chi connectivity index (χ4v) is 3.54. The molecule has 2 aromatic carbocycles. The predicted molar refractivity (Wildman–Crippen MR) is 144 cm³/mol. The average molecular weight is 445 g/mol. The van der Waals surface area contributed by atoms with Crippen molar-refractivity contribution >= 4 is 29.8 Å². The second-order valence-corrected chi connectivity index (χ2v) is 8.89. The molecule has 0 radical (unpaired) electrons. The lowest BCUT2D eigenvalue weighted by Gasteiger charge is -2.21. The van der Waals surface area contributed by atoms with E-state index in [-0.39, 0.29) is 11.3 Å². The third kappa shape index (κ3) is 7.21. The van der Waals surface area contributed by atoms with Gasteiger partial charge in [0.25, 0.3) is 5.91 Å². The van der Waals surface area contributed by atoms with E-state index in [1.807, 2.05) is 27.9 Å². The van der Waals surface area contributed by atoms with Crippen molar-refractivity contribution in [2.24, 2.45) is 5.41 Å². The van der Waals surface area contributed by atoms with E-state index >= 15 is 0 Å². The minimum absolute atomic E-state index is 0.0399. The number of nitrogens with one attached hydrogen (secondary N) is 1. The Morgan fingerprint density at radius 2 is 1.33 bits per heavy atom. The molecule has 0 saturated carbocycles. The van der Waals surface area contributed by atoms with E-state index in [1.54, 1.807) is 4.90 Å². The minimum atomic E-state index is 0.0399. The van der Waals surface area contributed by atoms with Crippen LogP contribution in [-0.2, 0) is 4.79 Å². The van der Waals surface area contributed by atoms with Gasteiger partial charge in [-0.1, -0.05) is 93.6 Å². The van der Waals surface area contributed by atoms with E-state index in [4.69, 9.17) is 0 Å². The van der Waals surface area contributed by atoms with Gasteiger partial charge in [0, 0.05) is 31.9 Å². The highest BCUT2D eigenvalue weighted by molar-refractivity contribution is 6.00. The maximum absolute atomic E-state index is 12.5. The van der Waals surface area contributed by atoms with Crippen molar-refractivity contribution < 1.29 is 4.79 Å². The van der Waals surface area contributed by atoms with Gasteiger partial charge in [0.05, 0.1) is 0 Å². The second kappa shape index (κ2) is 12.2. The Labute approximate surface area is 200 Å². The van der Waals surface area contributed by atoms with Gasteiger partial charge in [-0.3, -0.25) is 4.79 Å². The number of benzene rings is 2. The van der Waals surface area contributed by atoms with E-state index in [2.05, 4.69) is 98.9 Å². The van der Waals surface area contributed by atoms with E-state index < -0.39 is 0 Å². The van der Waals surface area contributed by atoms with Crippen molar-refractivity contribution in [2.45, 2.75) is 47.5 Å². The smallest absolute Gasteiger partial charge is 0.251 e. The molecule has 176 valence electrons. The van der Waals surface area contributed by atoms with Crippen molar-refractivity contribution in [3.8, 4) is 0 Å². The topological polar surface area (TPSA) is 32.3 Å². The van der Waals surface area contributed by atoms with Crippen molar-refractivity contribution in [1.82, 2.24) is 10.2 Å². The lowest BCUT2D eigenvalue weighted by Crippen LogP contribution is -2.28. The molecule has 0 heterocycles. The summed E-state index contributed by atoms with van der Waals surface area (Å²) in [7, 11) is 3.68. The number of hydrogen-bond donors (Lipinski definition) is 1. The monoisotopic (exact) mass is 444 g/mol. The summed E-state index contributed by atoms with van der Waals surface area (Å²) in [6.45, 7) is 11.3. The van der Waals surface area contributed by atoms with Crippen LogP contribution in [0, 0.1) is 5.41 Å². The first kappa shape index (κ1) is 26.2. The zero-order chi connectivity index (χ0) is 24.4. The lowest BCUT2D eigenvalue weighted by atomic mass is 9.84. The van der Waals surface area contributed by atoms with Gasteiger partial charge in [0.1, 0.15) is 0 Å². The van der Waals surface area contributed by atoms with Crippen LogP contribution in [0.2, 0.25) is 0 Å². The number of rotatable bonds is 10. The second-order valence-electron chi connectivity index (χ2n) is 8.89. The van der Waals surface area contributed by atoms with E-state index in [9.17, 15) is 4.79 Å². The highest BCUT2D eigenvalue weighted by atomic mass is 16.2. The number of carbonyl (C=O) groups is 1. The molecule has 1 amide bonds. The van der Waals surface area contributed by atoms with Gasteiger partial charge in [-0.2, -0.15) is 0 Å². The van der Waals surface area contributed by atoms with Gasteiger partial charge in [-0.25, -0.2) is 0 Å². The molecule has 0 bridgehead atoms. The Balaban J connectivity index is 2.12. The van der Waals surface area contributed by atoms with Gasteiger partial charge in [0.2, 0.25) is 0 Å². The zero-order valence-corrected chi connectivity index (χ0v) is 21.4. The Kier molecular flexibility index (Phi) is 9.72. The molecule has 3 heteroatoms. The summed E-state index contributed by atoms with van der Waals surface area (Å²) >= 11 is 0. The predicted octanol–water partition coefficient (Wildman–Crippen LogP) is 7.13. The average Bonchev–Trinajstić information content (AvgIpc) is 2.86.